The fourth-order valence-corrected chi connectivity index (χ4v) is 1.15. The summed E-state index contributed by atoms with van der Waals surface area (Å²) in [6, 6.07) is 0. The number of hydrogen-bond donors (Lipinski definition) is 1. The SMILES string of the molecule is C=COCC(CC)CCCCO. The van der Waals surface area contributed by atoms with Crippen LogP contribution in [-0.2, 0) is 4.74 Å². The van der Waals surface area contributed by atoms with Crippen LogP contribution in [0.2, 0.25) is 0 Å². The Morgan fingerprint density at radius 3 is 2.75 bits per heavy atom. The van der Waals surface area contributed by atoms with Crippen molar-refractivity contribution in [2.75, 3.05) is 13.2 Å². The molecule has 0 spiro atoms. The summed E-state index contributed by atoms with van der Waals surface area (Å²) >= 11 is 0. The van der Waals surface area contributed by atoms with E-state index in [2.05, 4.69) is 13.5 Å². The maximum Gasteiger partial charge on any atom is 0.0901 e. The highest BCUT2D eigenvalue weighted by molar-refractivity contribution is 4.59. The molecule has 0 saturated carbocycles. The third kappa shape index (κ3) is 6.23. The van der Waals surface area contributed by atoms with Crippen LogP contribution in [0.15, 0.2) is 12.8 Å². The van der Waals surface area contributed by atoms with Gasteiger partial charge in [-0.25, -0.2) is 0 Å². The summed E-state index contributed by atoms with van der Waals surface area (Å²) in [7, 11) is 0. The topological polar surface area (TPSA) is 29.5 Å². The Balaban J connectivity index is 3.32. The van der Waals surface area contributed by atoms with Crippen molar-refractivity contribution in [1.82, 2.24) is 0 Å². The highest BCUT2D eigenvalue weighted by Gasteiger charge is 2.04. The molecule has 0 radical (unpaired) electrons. The minimum absolute atomic E-state index is 0.304. The molecular formula is C10H20O2. The lowest BCUT2D eigenvalue weighted by atomic mass is 10.0. The number of aliphatic hydroxyl groups excluding tert-OH is 1. The van der Waals surface area contributed by atoms with Crippen LogP contribution in [0.1, 0.15) is 32.6 Å². The quantitative estimate of drug-likeness (QED) is 0.450. The molecular weight excluding hydrogens is 152 g/mol. The highest BCUT2D eigenvalue weighted by Crippen LogP contribution is 2.12. The predicted octanol–water partition coefficient (Wildman–Crippen LogP) is 2.34. The van der Waals surface area contributed by atoms with Gasteiger partial charge in [0.2, 0.25) is 0 Å². The lowest BCUT2D eigenvalue weighted by Crippen LogP contribution is -2.06. The largest absolute Gasteiger partial charge is 0.502 e. The third-order valence-electron chi connectivity index (χ3n) is 2.05. The number of unbranched alkanes of at least 4 members (excludes halogenated alkanes) is 1. The molecule has 0 aromatic carbocycles. The first-order valence-electron chi connectivity index (χ1n) is 4.68. The zero-order chi connectivity index (χ0) is 9.23. The van der Waals surface area contributed by atoms with E-state index in [1.54, 1.807) is 0 Å². The van der Waals surface area contributed by atoms with Gasteiger partial charge in [-0.3, -0.25) is 0 Å². The van der Waals surface area contributed by atoms with E-state index in [9.17, 15) is 0 Å². The van der Waals surface area contributed by atoms with E-state index in [4.69, 9.17) is 9.84 Å². The first-order chi connectivity index (χ1) is 5.85. The van der Waals surface area contributed by atoms with Crippen molar-refractivity contribution in [3.05, 3.63) is 12.8 Å². The van der Waals surface area contributed by atoms with Crippen LogP contribution >= 0.6 is 0 Å². The second kappa shape index (κ2) is 8.60. The number of rotatable bonds is 8. The second-order valence-electron chi connectivity index (χ2n) is 2.99. The van der Waals surface area contributed by atoms with Gasteiger partial charge in [-0.2, -0.15) is 0 Å². The van der Waals surface area contributed by atoms with Crippen molar-refractivity contribution in [2.24, 2.45) is 5.92 Å². The highest BCUT2D eigenvalue weighted by atomic mass is 16.5. The van der Waals surface area contributed by atoms with Crippen LogP contribution in [0, 0.1) is 5.92 Å². The molecule has 12 heavy (non-hydrogen) atoms. The molecule has 1 unspecified atom stereocenters. The predicted molar refractivity (Wildman–Crippen MR) is 50.9 cm³/mol. The summed E-state index contributed by atoms with van der Waals surface area (Å²) in [6.07, 6.45) is 5.78. The van der Waals surface area contributed by atoms with E-state index < -0.39 is 0 Å². The average Bonchev–Trinajstić information content (AvgIpc) is 2.11. The molecule has 0 amide bonds. The van der Waals surface area contributed by atoms with Crippen molar-refractivity contribution in [3.8, 4) is 0 Å². The molecule has 0 saturated heterocycles. The Labute approximate surface area is 75.2 Å². The van der Waals surface area contributed by atoms with E-state index in [1.807, 2.05) is 0 Å². The maximum atomic E-state index is 8.58. The first-order valence-corrected chi connectivity index (χ1v) is 4.68. The third-order valence-corrected chi connectivity index (χ3v) is 2.05. The molecule has 1 N–H and O–H groups in total. The average molecular weight is 172 g/mol. The van der Waals surface area contributed by atoms with E-state index in [1.165, 1.54) is 6.26 Å². The van der Waals surface area contributed by atoms with Crippen LogP contribution in [0.4, 0.5) is 0 Å². The van der Waals surface area contributed by atoms with Gasteiger partial charge in [-0.05, 0) is 18.8 Å². The van der Waals surface area contributed by atoms with Gasteiger partial charge in [0.05, 0.1) is 12.9 Å². The van der Waals surface area contributed by atoms with E-state index in [-0.39, 0.29) is 0 Å². The van der Waals surface area contributed by atoms with E-state index in [0.717, 1.165) is 32.3 Å². The van der Waals surface area contributed by atoms with E-state index >= 15 is 0 Å². The fraction of sp³-hybridized carbons (Fsp3) is 0.800. The first kappa shape index (κ1) is 11.5. The molecule has 72 valence electrons. The van der Waals surface area contributed by atoms with Gasteiger partial charge in [0.1, 0.15) is 0 Å². The molecule has 0 aromatic heterocycles. The summed E-state index contributed by atoms with van der Waals surface area (Å²) in [5.41, 5.74) is 0. The Morgan fingerprint density at radius 1 is 1.50 bits per heavy atom. The van der Waals surface area contributed by atoms with Crippen molar-refractivity contribution in [3.63, 3.8) is 0 Å². The second-order valence-corrected chi connectivity index (χ2v) is 2.99. The molecule has 0 fully saturated rings. The zero-order valence-electron chi connectivity index (χ0n) is 7.96. The van der Waals surface area contributed by atoms with Crippen molar-refractivity contribution >= 4 is 0 Å². The molecule has 0 aliphatic heterocycles. The van der Waals surface area contributed by atoms with Gasteiger partial charge in [0.25, 0.3) is 0 Å². The van der Waals surface area contributed by atoms with Crippen LogP contribution in [0.3, 0.4) is 0 Å². The molecule has 0 rings (SSSR count). The molecule has 1 atom stereocenters. The molecule has 0 aliphatic rings. The minimum Gasteiger partial charge on any atom is -0.502 e. The van der Waals surface area contributed by atoms with Crippen molar-refractivity contribution < 1.29 is 9.84 Å². The smallest absolute Gasteiger partial charge is 0.0901 e. The molecule has 0 aromatic rings. The van der Waals surface area contributed by atoms with Gasteiger partial charge in [-0.1, -0.05) is 26.3 Å². The Hall–Kier alpha value is -0.500. The Kier molecular flexibility index (Phi) is 8.24. The van der Waals surface area contributed by atoms with E-state index in [0.29, 0.717) is 12.5 Å². The number of ether oxygens (including phenoxy) is 1. The van der Waals surface area contributed by atoms with Crippen molar-refractivity contribution in [2.45, 2.75) is 32.6 Å². The van der Waals surface area contributed by atoms with Crippen LogP contribution in [-0.4, -0.2) is 18.3 Å². The monoisotopic (exact) mass is 172 g/mol. The van der Waals surface area contributed by atoms with Gasteiger partial charge >= 0.3 is 0 Å². The minimum atomic E-state index is 0.304. The number of aliphatic hydroxyl groups is 1. The van der Waals surface area contributed by atoms with Gasteiger partial charge in [-0.15, -0.1) is 0 Å². The maximum absolute atomic E-state index is 8.58. The summed E-state index contributed by atoms with van der Waals surface area (Å²) in [5, 5.41) is 8.58. The summed E-state index contributed by atoms with van der Waals surface area (Å²) in [5.74, 6) is 0.620. The normalized spacial score (nSPS) is 12.5. The molecule has 0 aliphatic carbocycles. The van der Waals surface area contributed by atoms with Gasteiger partial charge < -0.3 is 9.84 Å². The van der Waals surface area contributed by atoms with Crippen molar-refractivity contribution in [1.29, 1.82) is 0 Å². The van der Waals surface area contributed by atoms with Crippen LogP contribution < -0.4 is 0 Å². The molecule has 2 nitrogen and oxygen atoms in total. The summed E-state index contributed by atoms with van der Waals surface area (Å²) in [6.45, 7) is 6.74. The Bertz CT molecular complexity index is 102. The van der Waals surface area contributed by atoms with Crippen LogP contribution in [0.5, 0.6) is 0 Å². The van der Waals surface area contributed by atoms with Crippen LogP contribution in [0.25, 0.3) is 0 Å². The molecule has 0 bridgehead atoms. The standard InChI is InChI=1S/C10H20O2/c1-3-10(9-12-4-2)7-5-6-8-11/h4,10-11H,2-3,5-9H2,1H3. The molecule has 0 heterocycles. The number of hydrogen-bond acceptors (Lipinski definition) is 2. The van der Waals surface area contributed by atoms with Gasteiger partial charge in [0.15, 0.2) is 0 Å². The summed E-state index contributed by atoms with van der Waals surface area (Å²) < 4.78 is 5.12. The zero-order valence-corrected chi connectivity index (χ0v) is 7.96. The fourth-order valence-electron chi connectivity index (χ4n) is 1.15. The lowest BCUT2D eigenvalue weighted by Gasteiger charge is -2.13. The van der Waals surface area contributed by atoms with Gasteiger partial charge in [0, 0.05) is 6.61 Å². The molecule has 2 heteroatoms. The summed E-state index contributed by atoms with van der Waals surface area (Å²) in [4.78, 5) is 0. The lowest BCUT2D eigenvalue weighted by molar-refractivity contribution is 0.180. The Morgan fingerprint density at radius 2 is 2.25 bits per heavy atom.